The van der Waals surface area contributed by atoms with Gasteiger partial charge >= 0.3 is 0 Å². The van der Waals surface area contributed by atoms with Crippen molar-refractivity contribution in [2.45, 2.75) is 45.4 Å². The molecule has 7 nitrogen and oxygen atoms in total. The predicted molar refractivity (Wildman–Crippen MR) is 123 cm³/mol. The maximum atomic E-state index is 13.3. The first kappa shape index (κ1) is 19.5. The van der Waals surface area contributed by atoms with E-state index in [-0.39, 0.29) is 11.3 Å². The van der Waals surface area contributed by atoms with Crippen molar-refractivity contribution in [1.82, 2.24) is 19.7 Å². The smallest absolute Gasteiger partial charge is 0.230 e. The lowest BCUT2D eigenvalue weighted by Crippen LogP contribution is -2.51. The highest BCUT2D eigenvalue weighted by molar-refractivity contribution is 5.95. The van der Waals surface area contributed by atoms with Gasteiger partial charge in [0, 0.05) is 29.8 Å². The van der Waals surface area contributed by atoms with E-state index in [1.807, 2.05) is 49.5 Å². The monoisotopic (exact) mass is 428 g/mol. The molecule has 2 heterocycles. The van der Waals surface area contributed by atoms with Crippen molar-refractivity contribution in [3.63, 3.8) is 0 Å². The van der Waals surface area contributed by atoms with Gasteiger partial charge in [0.05, 0.1) is 5.41 Å². The third kappa shape index (κ3) is 3.55. The summed E-state index contributed by atoms with van der Waals surface area (Å²) in [6, 6.07) is 11.6. The number of carbonyl (C=O) groups excluding carboxylic acids is 1. The number of nitrogens with one attached hydrogen (secondary N) is 2. The van der Waals surface area contributed by atoms with E-state index in [4.69, 9.17) is 0 Å². The lowest BCUT2D eigenvalue weighted by Gasteiger charge is -2.55. The Morgan fingerprint density at radius 3 is 2.28 bits per heavy atom. The molecule has 3 aromatic rings. The van der Waals surface area contributed by atoms with Gasteiger partial charge in [0.15, 0.2) is 5.82 Å². The molecule has 7 heteroatoms. The van der Waals surface area contributed by atoms with E-state index < -0.39 is 0 Å². The van der Waals surface area contributed by atoms with E-state index in [9.17, 15) is 4.79 Å². The molecule has 0 radical (unpaired) electrons. The Morgan fingerprint density at radius 2 is 1.66 bits per heavy atom. The third-order valence-corrected chi connectivity index (χ3v) is 7.50. The van der Waals surface area contributed by atoms with E-state index in [1.165, 1.54) is 19.3 Å². The number of anilines is 3. The van der Waals surface area contributed by atoms with Crippen LogP contribution in [0.2, 0.25) is 0 Å². The molecule has 4 saturated carbocycles. The summed E-state index contributed by atoms with van der Waals surface area (Å²) in [6.07, 6.45) is 10.8. The molecule has 1 amide bonds. The van der Waals surface area contributed by atoms with Gasteiger partial charge in [-0.15, -0.1) is 0 Å². The van der Waals surface area contributed by atoms with Crippen LogP contribution in [0.15, 0.2) is 48.8 Å². The quantitative estimate of drug-likeness (QED) is 0.606. The average Bonchev–Trinajstić information content (AvgIpc) is 3.29. The number of benzene rings is 1. The fourth-order valence-electron chi connectivity index (χ4n) is 6.57. The highest BCUT2D eigenvalue weighted by Gasteiger charge is 2.54. The van der Waals surface area contributed by atoms with Crippen molar-refractivity contribution in [2.75, 3.05) is 10.6 Å². The van der Waals surface area contributed by atoms with Crippen LogP contribution in [0, 0.1) is 30.1 Å². The van der Waals surface area contributed by atoms with Gasteiger partial charge < -0.3 is 10.6 Å². The SMILES string of the molecule is Cc1nc(Nc2ccc(NC(=O)C34CC5CC(CC(C5)C3)C4)cc2)cc(-n2cccn2)n1. The highest BCUT2D eigenvalue weighted by Crippen LogP contribution is 2.60. The summed E-state index contributed by atoms with van der Waals surface area (Å²) in [5.74, 6) is 4.61. The van der Waals surface area contributed by atoms with Crippen LogP contribution in [0.4, 0.5) is 17.2 Å². The van der Waals surface area contributed by atoms with Gasteiger partial charge in [0.25, 0.3) is 0 Å². The summed E-state index contributed by atoms with van der Waals surface area (Å²) < 4.78 is 1.71. The molecule has 7 rings (SSSR count). The molecule has 0 spiro atoms. The molecular formula is C25H28N6O. The topological polar surface area (TPSA) is 84.7 Å². The highest BCUT2D eigenvalue weighted by atomic mass is 16.2. The standard InChI is InChI=1S/C25H28N6O/c1-16-27-22(12-23(28-16)31-8-2-7-26-31)29-20-3-5-21(6-4-20)30-24(32)25-13-17-9-18(14-25)11-19(10-17)15-25/h2-8,12,17-19H,9-11,13-15H2,1H3,(H,30,32)(H,27,28,29). The van der Waals surface area contributed by atoms with E-state index >= 15 is 0 Å². The van der Waals surface area contributed by atoms with E-state index in [2.05, 4.69) is 25.7 Å². The first-order valence-electron chi connectivity index (χ1n) is 11.6. The van der Waals surface area contributed by atoms with Crippen molar-refractivity contribution < 1.29 is 4.79 Å². The van der Waals surface area contributed by atoms with Crippen LogP contribution >= 0.6 is 0 Å². The normalized spacial score (nSPS) is 28.0. The molecule has 0 saturated heterocycles. The number of aryl methyl sites for hydroxylation is 1. The van der Waals surface area contributed by atoms with Gasteiger partial charge in [-0.05, 0) is 93.5 Å². The molecule has 4 aliphatic rings. The Labute approximate surface area is 187 Å². The van der Waals surface area contributed by atoms with Crippen LogP contribution in [-0.4, -0.2) is 25.7 Å². The lowest BCUT2D eigenvalue weighted by molar-refractivity contribution is -0.140. The predicted octanol–water partition coefficient (Wildman–Crippen LogP) is 4.87. The van der Waals surface area contributed by atoms with Crippen molar-refractivity contribution in [1.29, 1.82) is 0 Å². The number of hydrogen-bond donors (Lipinski definition) is 2. The summed E-state index contributed by atoms with van der Waals surface area (Å²) in [4.78, 5) is 22.2. The lowest BCUT2D eigenvalue weighted by atomic mass is 9.49. The van der Waals surface area contributed by atoms with Crippen molar-refractivity contribution in [2.24, 2.45) is 23.2 Å². The number of carbonyl (C=O) groups is 1. The molecule has 4 bridgehead atoms. The zero-order valence-corrected chi connectivity index (χ0v) is 18.3. The first-order chi connectivity index (χ1) is 15.5. The van der Waals surface area contributed by atoms with Crippen LogP contribution in [0.5, 0.6) is 0 Å². The number of aromatic nitrogens is 4. The zero-order valence-electron chi connectivity index (χ0n) is 18.3. The minimum absolute atomic E-state index is 0.132. The van der Waals surface area contributed by atoms with E-state index in [0.717, 1.165) is 48.4 Å². The molecule has 2 N–H and O–H groups in total. The Morgan fingerprint density at radius 1 is 1.00 bits per heavy atom. The second kappa shape index (κ2) is 7.43. The Balaban J connectivity index is 1.15. The van der Waals surface area contributed by atoms with Gasteiger partial charge in [-0.3, -0.25) is 4.79 Å². The van der Waals surface area contributed by atoms with Crippen LogP contribution in [0.25, 0.3) is 5.82 Å². The second-order valence-corrected chi connectivity index (χ2v) is 9.96. The minimum atomic E-state index is -0.132. The fourth-order valence-corrected chi connectivity index (χ4v) is 6.57. The molecule has 32 heavy (non-hydrogen) atoms. The number of nitrogens with zero attached hydrogens (tertiary/aromatic N) is 4. The molecule has 1 aromatic carbocycles. The average molecular weight is 429 g/mol. The number of amides is 1. The largest absolute Gasteiger partial charge is 0.340 e. The van der Waals surface area contributed by atoms with Gasteiger partial charge in [-0.2, -0.15) is 5.10 Å². The summed E-state index contributed by atoms with van der Waals surface area (Å²) in [7, 11) is 0. The van der Waals surface area contributed by atoms with Crippen LogP contribution < -0.4 is 10.6 Å². The Bertz CT molecular complexity index is 1100. The molecule has 0 unspecified atom stereocenters. The molecular weight excluding hydrogens is 400 g/mol. The van der Waals surface area contributed by atoms with Gasteiger partial charge in [-0.1, -0.05) is 0 Å². The van der Waals surface area contributed by atoms with Crippen molar-refractivity contribution in [3.05, 3.63) is 54.6 Å². The van der Waals surface area contributed by atoms with Crippen molar-refractivity contribution in [3.8, 4) is 5.82 Å². The summed E-state index contributed by atoms with van der Waals surface area (Å²) in [5, 5.41) is 10.8. The van der Waals surface area contributed by atoms with Crippen LogP contribution in [0.1, 0.15) is 44.3 Å². The van der Waals surface area contributed by atoms with Gasteiger partial charge in [0.2, 0.25) is 5.91 Å². The Hall–Kier alpha value is -3.22. The van der Waals surface area contributed by atoms with Crippen LogP contribution in [0.3, 0.4) is 0 Å². The molecule has 4 fully saturated rings. The van der Waals surface area contributed by atoms with E-state index in [0.29, 0.717) is 17.5 Å². The minimum Gasteiger partial charge on any atom is -0.340 e. The van der Waals surface area contributed by atoms with E-state index in [1.54, 1.807) is 10.9 Å². The molecule has 2 aromatic heterocycles. The maximum absolute atomic E-state index is 13.3. The maximum Gasteiger partial charge on any atom is 0.230 e. The first-order valence-corrected chi connectivity index (χ1v) is 11.6. The molecule has 0 atom stereocenters. The number of rotatable bonds is 5. The Kier molecular flexibility index (Phi) is 4.52. The molecule has 4 aliphatic carbocycles. The summed E-state index contributed by atoms with van der Waals surface area (Å²) >= 11 is 0. The fraction of sp³-hybridized carbons (Fsp3) is 0.440. The summed E-state index contributed by atoms with van der Waals surface area (Å²) in [6.45, 7) is 1.86. The van der Waals surface area contributed by atoms with Gasteiger partial charge in [0.1, 0.15) is 11.6 Å². The van der Waals surface area contributed by atoms with Gasteiger partial charge in [-0.25, -0.2) is 14.6 Å². The third-order valence-electron chi connectivity index (χ3n) is 7.50. The summed E-state index contributed by atoms with van der Waals surface area (Å²) in [5.41, 5.74) is 1.63. The van der Waals surface area contributed by atoms with Crippen molar-refractivity contribution >= 4 is 23.1 Å². The second-order valence-electron chi connectivity index (χ2n) is 9.96. The zero-order chi connectivity index (χ0) is 21.7. The molecule has 164 valence electrons. The number of hydrogen-bond acceptors (Lipinski definition) is 5. The molecule has 0 aliphatic heterocycles. The van der Waals surface area contributed by atoms with Crippen LogP contribution in [-0.2, 0) is 4.79 Å².